The van der Waals surface area contributed by atoms with Crippen LogP contribution >= 0.6 is 0 Å². The number of hydrogen-bond donors (Lipinski definition) is 2. The number of nitrogens with one attached hydrogen (secondary N) is 2. The number of fused-ring (bicyclic) bond motifs is 1. The van der Waals surface area contributed by atoms with Crippen molar-refractivity contribution in [3.05, 3.63) is 107 Å². The van der Waals surface area contributed by atoms with Gasteiger partial charge in [0.15, 0.2) is 6.40 Å². The van der Waals surface area contributed by atoms with E-state index in [1.54, 1.807) is 24.3 Å². The summed E-state index contributed by atoms with van der Waals surface area (Å²) in [6.07, 6.45) is 1.99. The first-order chi connectivity index (χ1) is 16.0. The molecule has 164 valence electrons. The first kappa shape index (κ1) is 21.8. The molecule has 0 atom stereocenters. The first-order valence-electron chi connectivity index (χ1n) is 10.0. The van der Waals surface area contributed by atoms with Crippen LogP contribution in [-0.2, 0) is 11.3 Å². The van der Waals surface area contributed by atoms with Crippen LogP contribution in [0.1, 0.15) is 16.8 Å². The standard InChI is InChI=1S/C26H19F2N3O2/c27-20-9-5-19(24(28)14-20)13-23(26(30)33-16-29)17-7-11-22(12-8-17)32-15-21-10-6-18-3-1-2-4-25(18)31-21/h1-14,16,29-30H,15H2/b23-13+,29-16?,30-26?. The zero-order chi connectivity index (χ0) is 23.2. The van der Waals surface area contributed by atoms with Gasteiger partial charge in [-0.05, 0) is 48.0 Å². The highest BCUT2D eigenvalue weighted by atomic mass is 19.1. The second-order valence-corrected chi connectivity index (χ2v) is 7.10. The number of ether oxygens (including phenoxy) is 2. The van der Waals surface area contributed by atoms with Crippen LogP contribution in [0.5, 0.6) is 5.75 Å². The van der Waals surface area contributed by atoms with Crippen LogP contribution in [0.25, 0.3) is 22.6 Å². The summed E-state index contributed by atoms with van der Waals surface area (Å²) in [5.74, 6) is -1.22. The first-order valence-corrected chi connectivity index (χ1v) is 10.0. The molecule has 0 aliphatic carbocycles. The Morgan fingerprint density at radius 2 is 1.73 bits per heavy atom. The van der Waals surface area contributed by atoms with Crippen LogP contribution in [0.3, 0.4) is 0 Å². The maximum absolute atomic E-state index is 14.1. The molecule has 0 radical (unpaired) electrons. The molecule has 1 heterocycles. The molecule has 1 aromatic heterocycles. The molecule has 4 rings (SSSR count). The Kier molecular flexibility index (Phi) is 6.50. The molecule has 5 nitrogen and oxygen atoms in total. The van der Waals surface area contributed by atoms with E-state index in [1.165, 1.54) is 12.1 Å². The molecule has 4 aromatic rings. The highest BCUT2D eigenvalue weighted by Gasteiger charge is 2.12. The quantitative estimate of drug-likeness (QED) is 0.202. The topological polar surface area (TPSA) is 79.0 Å². The SMILES string of the molecule is N=COC(=N)/C(=C/c1ccc(F)cc1F)c1ccc(OCc2ccc3ccccc3n2)cc1. The van der Waals surface area contributed by atoms with E-state index in [9.17, 15) is 8.78 Å². The summed E-state index contributed by atoms with van der Waals surface area (Å²) in [7, 11) is 0. The third-order valence-electron chi connectivity index (χ3n) is 4.89. The molecule has 33 heavy (non-hydrogen) atoms. The van der Waals surface area contributed by atoms with Crippen molar-refractivity contribution >= 4 is 34.9 Å². The molecule has 0 saturated carbocycles. The summed E-state index contributed by atoms with van der Waals surface area (Å²) in [6, 6.07) is 21.7. The van der Waals surface area contributed by atoms with Crippen molar-refractivity contribution < 1.29 is 18.3 Å². The highest BCUT2D eigenvalue weighted by molar-refractivity contribution is 6.24. The summed E-state index contributed by atoms with van der Waals surface area (Å²) < 4.78 is 38.1. The molecule has 0 aliphatic rings. The van der Waals surface area contributed by atoms with Gasteiger partial charge in [0.1, 0.15) is 24.0 Å². The monoisotopic (exact) mass is 443 g/mol. The zero-order valence-electron chi connectivity index (χ0n) is 17.4. The lowest BCUT2D eigenvalue weighted by atomic mass is 10.0. The minimum Gasteiger partial charge on any atom is -0.487 e. The number of halogens is 2. The van der Waals surface area contributed by atoms with E-state index >= 15 is 0 Å². The predicted octanol–water partition coefficient (Wildman–Crippen LogP) is 6.23. The summed E-state index contributed by atoms with van der Waals surface area (Å²) in [5.41, 5.74) is 2.54. The molecule has 0 spiro atoms. The average molecular weight is 443 g/mol. The number of rotatable bonds is 7. The van der Waals surface area contributed by atoms with Gasteiger partial charge in [-0.3, -0.25) is 10.8 Å². The van der Waals surface area contributed by atoms with Gasteiger partial charge in [-0.25, -0.2) is 13.8 Å². The van der Waals surface area contributed by atoms with Crippen molar-refractivity contribution in [2.24, 2.45) is 0 Å². The van der Waals surface area contributed by atoms with Gasteiger partial charge in [0.2, 0.25) is 5.90 Å². The number of para-hydroxylation sites is 1. The van der Waals surface area contributed by atoms with Crippen molar-refractivity contribution in [2.75, 3.05) is 0 Å². The van der Waals surface area contributed by atoms with Crippen molar-refractivity contribution in [3.8, 4) is 5.75 Å². The Morgan fingerprint density at radius 3 is 2.48 bits per heavy atom. The van der Waals surface area contributed by atoms with Gasteiger partial charge in [0, 0.05) is 22.6 Å². The van der Waals surface area contributed by atoms with Crippen LogP contribution < -0.4 is 4.74 Å². The maximum Gasteiger partial charge on any atom is 0.221 e. The number of aromatic nitrogens is 1. The Labute approximate surface area is 189 Å². The van der Waals surface area contributed by atoms with Crippen LogP contribution in [0.15, 0.2) is 78.9 Å². The molecule has 0 saturated heterocycles. The van der Waals surface area contributed by atoms with Crippen LogP contribution in [0, 0.1) is 22.5 Å². The Balaban J connectivity index is 1.54. The summed E-state index contributed by atoms with van der Waals surface area (Å²) in [6.45, 7) is 0.278. The minimum absolute atomic E-state index is 0.0902. The second-order valence-electron chi connectivity index (χ2n) is 7.10. The summed E-state index contributed by atoms with van der Waals surface area (Å²) >= 11 is 0. The lowest BCUT2D eigenvalue weighted by Gasteiger charge is -2.11. The van der Waals surface area contributed by atoms with Gasteiger partial charge in [0.25, 0.3) is 0 Å². The van der Waals surface area contributed by atoms with E-state index in [-0.39, 0.29) is 23.6 Å². The van der Waals surface area contributed by atoms with E-state index in [0.29, 0.717) is 17.7 Å². The zero-order valence-corrected chi connectivity index (χ0v) is 17.4. The number of pyridine rings is 1. The number of benzene rings is 3. The van der Waals surface area contributed by atoms with E-state index < -0.39 is 11.6 Å². The third kappa shape index (κ3) is 5.27. The van der Waals surface area contributed by atoms with Gasteiger partial charge in [0.05, 0.1) is 11.2 Å². The van der Waals surface area contributed by atoms with Gasteiger partial charge in [-0.15, -0.1) is 0 Å². The lowest BCUT2D eigenvalue weighted by Crippen LogP contribution is -2.05. The second kappa shape index (κ2) is 9.82. The minimum atomic E-state index is -0.766. The van der Waals surface area contributed by atoms with E-state index in [4.69, 9.17) is 20.3 Å². The molecule has 0 amide bonds. The number of hydrogen-bond acceptors (Lipinski definition) is 5. The largest absolute Gasteiger partial charge is 0.487 e. The van der Waals surface area contributed by atoms with Crippen LogP contribution in [-0.4, -0.2) is 17.3 Å². The highest BCUT2D eigenvalue weighted by Crippen LogP contribution is 2.24. The summed E-state index contributed by atoms with van der Waals surface area (Å²) in [5, 5.41) is 16.2. The molecule has 7 heteroatoms. The van der Waals surface area contributed by atoms with Crippen molar-refractivity contribution in [3.63, 3.8) is 0 Å². The lowest BCUT2D eigenvalue weighted by molar-refractivity contribution is 0.302. The fourth-order valence-electron chi connectivity index (χ4n) is 3.25. The predicted molar refractivity (Wildman–Crippen MR) is 124 cm³/mol. The smallest absolute Gasteiger partial charge is 0.221 e. The maximum atomic E-state index is 14.1. The Morgan fingerprint density at radius 1 is 0.939 bits per heavy atom. The molecular weight excluding hydrogens is 424 g/mol. The van der Waals surface area contributed by atoms with Crippen LogP contribution in [0.2, 0.25) is 0 Å². The average Bonchev–Trinajstić information content (AvgIpc) is 2.83. The van der Waals surface area contributed by atoms with Gasteiger partial charge >= 0.3 is 0 Å². The third-order valence-corrected chi connectivity index (χ3v) is 4.89. The Hall–Kier alpha value is -4.39. The molecule has 0 unspecified atom stereocenters. The molecule has 0 aliphatic heterocycles. The normalized spacial score (nSPS) is 11.3. The van der Waals surface area contributed by atoms with E-state index in [2.05, 4.69) is 4.98 Å². The van der Waals surface area contributed by atoms with Gasteiger partial charge in [-0.2, -0.15) is 0 Å². The molecule has 0 fully saturated rings. The number of nitrogens with zero attached hydrogens (tertiary/aromatic N) is 1. The van der Waals surface area contributed by atoms with Crippen molar-refractivity contribution in [1.82, 2.24) is 4.98 Å². The molecule has 2 N–H and O–H groups in total. The fraction of sp³-hybridized carbons (Fsp3) is 0.0385. The molecular formula is C26H19F2N3O2. The van der Waals surface area contributed by atoms with E-state index in [1.807, 2.05) is 36.4 Å². The molecule has 0 bridgehead atoms. The van der Waals surface area contributed by atoms with E-state index in [0.717, 1.165) is 28.7 Å². The van der Waals surface area contributed by atoms with Crippen LogP contribution in [0.4, 0.5) is 8.78 Å². The van der Waals surface area contributed by atoms with Gasteiger partial charge < -0.3 is 9.47 Å². The van der Waals surface area contributed by atoms with Gasteiger partial charge in [-0.1, -0.05) is 36.4 Å². The fourth-order valence-corrected chi connectivity index (χ4v) is 3.25. The van der Waals surface area contributed by atoms with Crippen molar-refractivity contribution in [2.45, 2.75) is 6.61 Å². The van der Waals surface area contributed by atoms with Crippen molar-refractivity contribution in [1.29, 1.82) is 10.8 Å². The summed E-state index contributed by atoms with van der Waals surface area (Å²) in [4.78, 5) is 4.58. The Bertz CT molecular complexity index is 1350. The molecule has 3 aromatic carbocycles.